The van der Waals surface area contributed by atoms with E-state index in [9.17, 15) is 4.79 Å². The second kappa shape index (κ2) is 6.37. The summed E-state index contributed by atoms with van der Waals surface area (Å²) in [5.41, 5.74) is 2.18. The van der Waals surface area contributed by atoms with Crippen molar-refractivity contribution in [3.8, 4) is 0 Å². The van der Waals surface area contributed by atoms with Crippen LogP contribution in [0.3, 0.4) is 0 Å². The highest BCUT2D eigenvalue weighted by Gasteiger charge is 2.49. The minimum atomic E-state index is 0.213. The number of anilines is 1. The van der Waals surface area contributed by atoms with Crippen molar-refractivity contribution in [1.82, 2.24) is 19.9 Å². The van der Waals surface area contributed by atoms with Crippen LogP contribution in [0.15, 0.2) is 17.8 Å². The minimum Gasteiger partial charge on any atom is -0.367 e. The second-order valence-corrected chi connectivity index (χ2v) is 8.46. The molecule has 1 aliphatic heterocycles. The number of hydrogen-bond donors (Lipinski definition) is 1. The van der Waals surface area contributed by atoms with E-state index in [-0.39, 0.29) is 5.91 Å². The van der Waals surface area contributed by atoms with Gasteiger partial charge in [-0.25, -0.2) is 15.0 Å². The highest BCUT2D eigenvalue weighted by molar-refractivity contribution is 7.09. The van der Waals surface area contributed by atoms with E-state index in [4.69, 9.17) is 0 Å². The molecule has 0 radical (unpaired) electrons. The summed E-state index contributed by atoms with van der Waals surface area (Å²) in [6.07, 6.45) is 5.35. The van der Waals surface area contributed by atoms with Gasteiger partial charge in [-0.1, -0.05) is 0 Å². The summed E-state index contributed by atoms with van der Waals surface area (Å²) in [6, 6.07) is 2.43. The smallest absolute Gasteiger partial charge is 0.228 e. The molecular weight excluding hydrogens is 334 g/mol. The highest BCUT2D eigenvalue weighted by atomic mass is 32.1. The monoisotopic (exact) mass is 357 g/mol. The fourth-order valence-corrected chi connectivity index (χ4v) is 4.68. The summed E-state index contributed by atoms with van der Waals surface area (Å²) in [5, 5.41) is 6.51. The molecule has 132 valence electrons. The number of rotatable bonds is 4. The van der Waals surface area contributed by atoms with Crippen LogP contribution < -0.4 is 5.32 Å². The molecule has 2 fully saturated rings. The highest BCUT2D eigenvalue weighted by Crippen LogP contribution is 2.49. The van der Waals surface area contributed by atoms with Gasteiger partial charge < -0.3 is 10.2 Å². The molecule has 2 aliphatic rings. The Morgan fingerprint density at radius 3 is 2.96 bits per heavy atom. The molecule has 4 rings (SSSR count). The van der Waals surface area contributed by atoms with Crippen LogP contribution in [-0.4, -0.2) is 44.9 Å². The number of thiazole rings is 1. The topological polar surface area (TPSA) is 71.0 Å². The third kappa shape index (κ3) is 3.51. The Morgan fingerprint density at radius 2 is 2.24 bits per heavy atom. The van der Waals surface area contributed by atoms with Crippen LogP contribution in [-0.2, 0) is 11.2 Å². The minimum absolute atomic E-state index is 0.213. The number of nitrogens with one attached hydrogen (secondary N) is 1. The average Bonchev–Trinajstić information content (AvgIpc) is 3.14. The largest absolute Gasteiger partial charge is 0.367 e. The molecule has 1 saturated carbocycles. The summed E-state index contributed by atoms with van der Waals surface area (Å²) in [5.74, 6) is 1.11. The van der Waals surface area contributed by atoms with Crippen LogP contribution in [0, 0.1) is 19.3 Å². The standard InChI is InChI=1S/C18H23N5OS/c1-12-5-16(20-11-19-12)22-15-7-18(8-15)3-4-23(10-18)17(24)6-14-9-25-13(2)21-14/h5,9,11,15H,3-4,6-8,10H2,1-2H3,(H,19,20,22). The molecule has 0 unspecified atom stereocenters. The molecule has 0 aromatic carbocycles. The molecule has 0 atom stereocenters. The van der Waals surface area contributed by atoms with Gasteiger partial charge in [-0.2, -0.15) is 0 Å². The first-order chi connectivity index (χ1) is 12.0. The number of amides is 1. The average molecular weight is 357 g/mol. The molecule has 6 nitrogen and oxygen atoms in total. The van der Waals surface area contributed by atoms with Gasteiger partial charge in [-0.05, 0) is 38.5 Å². The SMILES string of the molecule is Cc1cc(NC2CC3(CCN(C(=O)Cc4csc(C)n4)C3)C2)ncn1. The number of hydrogen-bond acceptors (Lipinski definition) is 6. The van der Waals surface area contributed by atoms with Crippen molar-refractivity contribution in [2.45, 2.75) is 45.6 Å². The van der Waals surface area contributed by atoms with Crippen LogP contribution in [0.5, 0.6) is 0 Å². The summed E-state index contributed by atoms with van der Waals surface area (Å²) in [7, 11) is 0. The number of nitrogens with zero attached hydrogens (tertiary/aromatic N) is 4. The van der Waals surface area contributed by atoms with Crippen LogP contribution >= 0.6 is 11.3 Å². The van der Waals surface area contributed by atoms with Gasteiger partial charge in [0.25, 0.3) is 0 Å². The lowest BCUT2D eigenvalue weighted by atomic mass is 9.65. The van der Waals surface area contributed by atoms with Crippen molar-refractivity contribution in [1.29, 1.82) is 0 Å². The molecule has 3 heterocycles. The number of carbonyl (C=O) groups is 1. The van der Waals surface area contributed by atoms with Crippen LogP contribution in [0.2, 0.25) is 0 Å². The fraction of sp³-hybridized carbons (Fsp3) is 0.556. The molecule has 2 aromatic rings. The fourth-order valence-electron chi connectivity index (χ4n) is 4.07. The maximum Gasteiger partial charge on any atom is 0.228 e. The van der Waals surface area contributed by atoms with Gasteiger partial charge in [0.15, 0.2) is 0 Å². The normalized spacial score (nSPS) is 25.2. The molecule has 2 aromatic heterocycles. The van der Waals surface area contributed by atoms with Crippen molar-refractivity contribution in [3.63, 3.8) is 0 Å². The first kappa shape index (κ1) is 16.4. The molecule has 7 heteroatoms. The van der Waals surface area contributed by atoms with Gasteiger partial charge in [0.1, 0.15) is 12.1 Å². The van der Waals surface area contributed by atoms with Gasteiger partial charge in [0.2, 0.25) is 5.91 Å². The summed E-state index contributed by atoms with van der Waals surface area (Å²) in [6.45, 7) is 5.71. The molecule has 25 heavy (non-hydrogen) atoms. The van der Waals surface area contributed by atoms with Gasteiger partial charge in [0, 0.05) is 36.3 Å². The van der Waals surface area contributed by atoms with Crippen LogP contribution in [0.1, 0.15) is 35.7 Å². The molecule has 1 aliphatic carbocycles. The van der Waals surface area contributed by atoms with Crippen molar-refractivity contribution < 1.29 is 4.79 Å². The lowest BCUT2D eigenvalue weighted by molar-refractivity contribution is -0.130. The lowest BCUT2D eigenvalue weighted by Crippen LogP contribution is -2.47. The molecule has 1 amide bonds. The third-order valence-electron chi connectivity index (χ3n) is 5.30. The maximum absolute atomic E-state index is 12.5. The van der Waals surface area contributed by atoms with Gasteiger partial charge in [-0.3, -0.25) is 4.79 Å². The number of aromatic nitrogens is 3. The zero-order chi connectivity index (χ0) is 17.4. The zero-order valence-electron chi connectivity index (χ0n) is 14.7. The van der Waals surface area contributed by atoms with E-state index in [0.717, 1.165) is 54.6 Å². The van der Waals surface area contributed by atoms with Gasteiger partial charge in [0.05, 0.1) is 17.1 Å². The van der Waals surface area contributed by atoms with E-state index in [1.54, 1.807) is 17.7 Å². The van der Waals surface area contributed by atoms with Crippen molar-refractivity contribution >= 4 is 23.1 Å². The van der Waals surface area contributed by atoms with E-state index in [1.807, 2.05) is 30.2 Å². The van der Waals surface area contributed by atoms with Crippen LogP contribution in [0.25, 0.3) is 0 Å². The van der Waals surface area contributed by atoms with E-state index < -0.39 is 0 Å². The first-order valence-corrected chi connectivity index (χ1v) is 9.63. The Bertz CT molecular complexity index is 783. The van der Waals surface area contributed by atoms with Gasteiger partial charge >= 0.3 is 0 Å². The number of aryl methyl sites for hydroxylation is 2. The molecule has 1 spiro atoms. The first-order valence-electron chi connectivity index (χ1n) is 8.75. The lowest BCUT2D eigenvalue weighted by Gasteiger charge is -2.45. The zero-order valence-corrected chi connectivity index (χ0v) is 15.5. The Kier molecular flexibility index (Phi) is 4.19. The van der Waals surface area contributed by atoms with E-state index in [0.29, 0.717) is 17.9 Å². The Labute approximate surface area is 151 Å². The maximum atomic E-state index is 12.5. The Morgan fingerprint density at radius 1 is 1.40 bits per heavy atom. The predicted octanol–water partition coefficient (Wildman–Crippen LogP) is 2.59. The van der Waals surface area contributed by atoms with E-state index in [2.05, 4.69) is 20.3 Å². The summed E-state index contributed by atoms with van der Waals surface area (Å²) < 4.78 is 0. The number of likely N-dealkylation sites (tertiary alicyclic amines) is 1. The van der Waals surface area contributed by atoms with E-state index in [1.165, 1.54) is 0 Å². The second-order valence-electron chi connectivity index (χ2n) is 7.39. The molecule has 0 bridgehead atoms. The van der Waals surface area contributed by atoms with Crippen LogP contribution in [0.4, 0.5) is 5.82 Å². The Balaban J connectivity index is 1.29. The molecular formula is C18H23N5OS. The third-order valence-corrected chi connectivity index (χ3v) is 6.13. The number of carbonyl (C=O) groups excluding carboxylic acids is 1. The Hall–Kier alpha value is -2.02. The van der Waals surface area contributed by atoms with E-state index >= 15 is 0 Å². The van der Waals surface area contributed by atoms with Crippen molar-refractivity contribution in [3.05, 3.63) is 34.2 Å². The molecule has 1 saturated heterocycles. The van der Waals surface area contributed by atoms with Crippen molar-refractivity contribution in [2.24, 2.45) is 5.41 Å². The summed E-state index contributed by atoms with van der Waals surface area (Å²) in [4.78, 5) is 27.4. The predicted molar refractivity (Wildman–Crippen MR) is 97.6 cm³/mol. The summed E-state index contributed by atoms with van der Waals surface area (Å²) >= 11 is 1.61. The molecule has 1 N–H and O–H groups in total. The van der Waals surface area contributed by atoms with Crippen molar-refractivity contribution in [2.75, 3.05) is 18.4 Å². The quantitative estimate of drug-likeness (QED) is 0.911. The van der Waals surface area contributed by atoms with Gasteiger partial charge in [-0.15, -0.1) is 11.3 Å².